The van der Waals surface area contributed by atoms with Crippen molar-refractivity contribution in [3.05, 3.63) is 29.3 Å². The quantitative estimate of drug-likeness (QED) is 0.914. The van der Waals surface area contributed by atoms with Gasteiger partial charge in [0.1, 0.15) is 0 Å². The highest BCUT2D eigenvalue weighted by Gasteiger charge is 2.30. The largest absolute Gasteiger partial charge is 0.478 e. The lowest BCUT2D eigenvalue weighted by atomic mass is 9.75. The molecule has 1 aromatic rings. The van der Waals surface area contributed by atoms with Crippen LogP contribution in [0.15, 0.2) is 12.1 Å². The minimum absolute atomic E-state index is 0.127. The Hall–Kier alpha value is -1.65. The van der Waals surface area contributed by atoms with E-state index in [2.05, 4.69) is 13.8 Å². The highest BCUT2D eigenvalue weighted by Crippen LogP contribution is 2.38. The first-order chi connectivity index (χ1) is 9.73. The van der Waals surface area contributed by atoms with E-state index in [4.69, 9.17) is 5.11 Å². The monoisotopic (exact) mass is 297 g/mol. The first kappa shape index (κ1) is 15.7. The molecule has 0 aliphatic heterocycles. The molecule has 0 aromatic heterocycles. The average Bonchev–Trinajstić information content (AvgIpc) is 2.40. The summed E-state index contributed by atoms with van der Waals surface area (Å²) < 4.78 is 27.9. The van der Waals surface area contributed by atoms with E-state index in [0.717, 1.165) is 31.7 Å². The molecule has 2 rings (SSSR count). The van der Waals surface area contributed by atoms with Crippen LogP contribution in [0, 0.1) is 17.0 Å². The van der Waals surface area contributed by atoms with Gasteiger partial charge in [-0.05, 0) is 43.2 Å². The number of rotatable bonds is 3. The lowest BCUT2D eigenvalue weighted by Gasteiger charge is -2.39. The van der Waals surface area contributed by atoms with Gasteiger partial charge in [-0.25, -0.2) is 13.6 Å². The maximum absolute atomic E-state index is 14.1. The average molecular weight is 297 g/mol. The molecule has 3 nitrogen and oxygen atoms in total. The molecule has 21 heavy (non-hydrogen) atoms. The molecule has 0 unspecified atom stereocenters. The Labute approximate surface area is 123 Å². The van der Waals surface area contributed by atoms with Crippen molar-refractivity contribution in [3.63, 3.8) is 0 Å². The fraction of sp³-hybridized carbons (Fsp3) is 0.562. The summed E-state index contributed by atoms with van der Waals surface area (Å²) in [4.78, 5) is 12.5. The van der Waals surface area contributed by atoms with Crippen LogP contribution in [0.5, 0.6) is 0 Å². The van der Waals surface area contributed by atoms with Crippen LogP contribution in [0.2, 0.25) is 0 Å². The summed E-state index contributed by atoms with van der Waals surface area (Å²) in [6.45, 7) is 4.43. The molecule has 116 valence electrons. The second kappa shape index (κ2) is 5.62. The van der Waals surface area contributed by atoms with E-state index in [0.29, 0.717) is 5.41 Å². The number of nitrogens with zero attached hydrogens (tertiary/aromatic N) is 1. The molecule has 0 bridgehead atoms. The Kier molecular flexibility index (Phi) is 4.21. The summed E-state index contributed by atoms with van der Waals surface area (Å²) in [6.07, 6.45) is 3.93. The Morgan fingerprint density at radius 1 is 1.24 bits per heavy atom. The molecular weight excluding hydrogens is 276 g/mol. The van der Waals surface area contributed by atoms with E-state index in [-0.39, 0.29) is 11.7 Å². The topological polar surface area (TPSA) is 40.5 Å². The molecule has 1 saturated carbocycles. The van der Waals surface area contributed by atoms with Crippen molar-refractivity contribution in [2.75, 3.05) is 11.9 Å². The van der Waals surface area contributed by atoms with Crippen LogP contribution in [0.25, 0.3) is 0 Å². The van der Waals surface area contributed by atoms with E-state index in [1.165, 1.54) is 6.07 Å². The van der Waals surface area contributed by atoms with Gasteiger partial charge in [0.25, 0.3) is 0 Å². The molecule has 1 aliphatic rings. The zero-order valence-corrected chi connectivity index (χ0v) is 12.6. The molecule has 5 heteroatoms. The van der Waals surface area contributed by atoms with E-state index in [9.17, 15) is 13.6 Å². The molecule has 0 spiro atoms. The van der Waals surface area contributed by atoms with Crippen LogP contribution in [-0.4, -0.2) is 24.2 Å². The van der Waals surface area contributed by atoms with Gasteiger partial charge in [0.2, 0.25) is 0 Å². The van der Waals surface area contributed by atoms with E-state index >= 15 is 0 Å². The van der Waals surface area contributed by atoms with Crippen LogP contribution in [0.4, 0.5) is 14.5 Å². The second-order valence-corrected chi connectivity index (χ2v) is 6.57. The van der Waals surface area contributed by atoms with Crippen molar-refractivity contribution in [3.8, 4) is 0 Å². The van der Waals surface area contributed by atoms with E-state index in [1.54, 1.807) is 11.9 Å². The van der Waals surface area contributed by atoms with Crippen LogP contribution in [-0.2, 0) is 0 Å². The van der Waals surface area contributed by atoms with Gasteiger partial charge in [0.05, 0.1) is 11.3 Å². The Morgan fingerprint density at radius 2 is 1.81 bits per heavy atom. The molecule has 1 aliphatic carbocycles. The third kappa shape index (κ3) is 3.17. The lowest BCUT2D eigenvalue weighted by Crippen LogP contribution is -2.37. The molecule has 0 atom stereocenters. The van der Waals surface area contributed by atoms with Gasteiger partial charge in [-0.2, -0.15) is 0 Å². The normalized spacial score (nSPS) is 18.5. The SMILES string of the molecule is CN(c1ccc(C(=O)O)c(F)c1F)C1CCC(C)(C)CC1. The summed E-state index contributed by atoms with van der Waals surface area (Å²) in [5, 5.41) is 8.81. The van der Waals surface area contributed by atoms with Gasteiger partial charge in [-0.3, -0.25) is 0 Å². The summed E-state index contributed by atoms with van der Waals surface area (Å²) in [7, 11) is 1.74. The fourth-order valence-electron chi connectivity index (χ4n) is 2.94. The number of benzene rings is 1. The van der Waals surface area contributed by atoms with Crippen molar-refractivity contribution >= 4 is 11.7 Å². The lowest BCUT2D eigenvalue weighted by molar-refractivity contribution is 0.0690. The number of anilines is 1. The van der Waals surface area contributed by atoms with Gasteiger partial charge in [-0.1, -0.05) is 13.8 Å². The predicted molar refractivity (Wildman–Crippen MR) is 77.8 cm³/mol. The summed E-state index contributed by atoms with van der Waals surface area (Å²) >= 11 is 0. The Bertz CT molecular complexity index is 547. The van der Waals surface area contributed by atoms with E-state index < -0.39 is 23.2 Å². The first-order valence-corrected chi connectivity index (χ1v) is 7.17. The third-order valence-corrected chi connectivity index (χ3v) is 4.53. The zero-order valence-electron chi connectivity index (χ0n) is 12.6. The van der Waals surface area contributed by atoms with Gasteiger partial charge in [-0.15, -0.1) is 0 Å². The maximum Gasteiger partial charge on any atom is 0.338 e. The Balaban J connectivity index is 2.22. The van der Waals surface area contributed by atoms with Crippen molar-refractivity contribution in [2.45, 2.75) is 45.6 Å². The number of hydrogen-bond acceptors (Lipinski definition) is 2. The maximum atomic E-state index is 14.1. The Morgan fingerprint density at radius 3 is 2.33 bits per heavy atom. The first-order valence-electron chi connectivity index (χ1n) is 7.17. The van der Waals surface area contributed by atoms with Crippen molar-refractivity contribution in [1.82, 2.24) is 0 Å². The van der Waals surface area contributed by atoms with Gasteiger partial charge in [0, 0.05) is 13.1 Å². The molecule has 0 amide bonds. The second-order valence-electron chi connectivity index (χ2n) is 6.57. The molecule has 1 fully saturated rings. The summed E-state index contributed by atoms with van der Waals surface area (Å²) in [6, 6.07) is 2.63. The van der Waals surface area contributed by atoms with Gasteiger partial charge in [0.15, 0.2) is 11.6 Å². The minimum atomic E-state index is -1.46. The summed E-state index contributed by atoms with van der Waals surface area (Å²) in [5.41, 5.74) is -0.203. The smallest absolute Gasteiger partial charge is 0.338 e. The van der Waals surface area contributed by atoms with Crippen LogP contribution in [0.3, 0.4) is 0 Å². The molecule has 1 aromatic carbocycles. The fourth-order valence-corrected chi connectivity index (χ4v) is 2.94. The van der Waals surface area contributed by atoms with E-state index in [1.807, 2.05) is 0 Å². The molecule has 0 radical (unpaired) electrons. The van der Waals surface area contributed by atoms with Gasteiger partial charge >= 0.3 is 5.97 Å². The molecule has 0 heterocycles. The number of hydrogen-bond donors (Lipinski definition) is 1. The molecule has 1 N–H and O–H groups in total. The number of carboxylic acid groups (broad SMARTS) is 1. The van der Waals surface area contributed by atoms with Crippen molar-refractivity contribution < 1.29 is 18.7 Å². The number of carboxylic acids is 1. The van der Waals surface area contributed by atoms with Crippen LogP contribution < -0.4 is 4.90 Å². The standard InChI is InChI=1S/C16H21F2NO2/c1-16(2)8-6-10(7-9-16)19(3)12-5-4-11(15(20)21)13(17)14(12)18/h4-5,10H,6-9H2,1-3H3,(H,20,21). The summed E-state index contributed by atoms with van der Waals surface area (Å²) in [5.74, 6) is -3.83. The van der Waals surface area contributed by atoms with Crippen LogP contribution in [0.1, 0.15) is 49.9 Å². The van der Waals surface area contributed by atoms with Crippen LogP contribution >= 0.6 is 0 Å². The highest BCUT2D eigenvalue weighted by molar-refractivity contribution is 5.88. The number of aromatic carboxylic acids is 1. The predicted octanol–water partition coefficient (Wildman–Crippen LogP) is 4.07. The number of carbonyl (C=O) groups is 1. The third-order valence-electron chi connectivity index (χ3n) is 4.53. The molecular formula is C16H21F2NO2. The van der Waals surface area contributed by atoms with Gasteiger partial charge < -0.3 is 10.0 Å². The van der Waals surface area contributed by atoms with Crippen molar-refractivity contribution in [1.29, 1.82) is 0 Å². The van der Waals surface area contributed by atoms with Crippen molar-refractivity contribution in [2.24, 2.45) is 5.41 Å². The molecule has 0 saturated heterocycles. The minimum Gasteiger partial charge on any atom is -0.478 e. The number of halogens is 2. The zero-order chi connectivity index (χ0) is 15.8. The highest BCUT2D eigenvalue weighted by atomic mass is 19.2.